The molecule has 6 unspecified atom stereocenters. The highest BCUT2D eigenvalue weighted by Crippen LogP contribution is 2.39. The van der Waals surface area contributed by atoms with Crippen molar-refractivity contribution in [3.63, 3.8) is 0 Å². The third-order valence-corrected chi connectivity index (χ3v) is 25.9. The van der Waals surface area contributed by atoms with Crippen molar-refractivity contribution in [3.05, 3.63) is 231 Å². The maximum Gasteiger partial charge on any atom is 0.410 e. The lowest BCUT2D eigenvalue weighted by Gasteiger charge is -2.26. The number of aromatic nitrogens is 15. The molecule has 1 amide bonds. The van der Waals surface area contributed by atoms with Gasteiger partial charge in [0.25, 0.3) is 16.7 Å². The lowest BCUT2D eigenvalue weighted by molar-refractivity contribution is 0.0281. The molecule has 6 bridgehead atoms. The fraction of sp³-hybridized carbons (Fsp3) is 0.409. The van der Waals surface area contributed by atoms with Gasteiger partial charge in [0.1, 0.15) is 38.6 Å². The van der Waals surface area contributed by atoms with E-state index in [1.54, 1.807) is 73.5 Å². The third kappa shape index (κ3) is 16.7. The van der Waals surface area contributed by atoms with E-state index in [4.69, 9.17) is 34.6 Å². The Bertz CT molecular complexity index is 6310. The molecule has 646 valence electrons. The number of ether oxygens (including phenoxy) is 1. The van der Waals surface area contributed by atoms with E-state index in [0.29, 0.717) is 155 Å². The SMILES string of the molecule is CC(C)(C)OC(=O)N1CC2CN(c3ccc(Nc4ncc5c(=O)n6n(c5n4)-c4cccc(n4)[C@](C)(O)CC/C=C\C6)cc3)CC2C1.CN1CC2CN(c3ccc(Nc4ncc5c(=O)n6n(c5n4)-c4cccc(n4)[C@](C)(O)CC/C=C\C6)cc3)CC2C1.C[C@@]1(O)CC/C=C\Cn2c(=O)c3cnc(Nc4ccc(N5CC6CNCC6C5)cc4)nc3n2-c2cccc1n2. The lowest BCUT2D eigenvalue weighted by Crippen LogP contribution is -2.37. The normalized spacial score (nSPS) is 24.7. The summed E-state index contributed by atoms with van der Waals surface area (Å²) in [5.41, 5.74) is 4.80. The van der Waals surface area contributed by atoms with Gasteiger partial charge < -0.3 is 65.8 Å². The number of pyridine rings is 3. The summed E-state index contributed by atoms with van der Waals surface area (Å²) < 4.78 is 15.6. The molecule has 9 atom stereocenters. The minimum Gasteiger partial charge on any atom is -0.444 e. The van der Waals surface area contributed by atoms with E-state index in [1.807, 2.05) is 135 Å². The molecule has 32 nitrogen and oxygen atoms in total. The highest BCUT2D eigenvalue weighted by atomic mass is 16.6. The first-order chi connectivity index (χ1) is 60.3. The number of hydrogen-bond acceptors (Lipinski definition) is 25. The van der Waals surface area contributed by atoms with Gasteiger partial charge in [-0.05, 0) is 220 Å². The molecule has 6 fully saturated rings. The number of hydrogen-bond donors (Lipinski definition) is 7. The molecule has 0 spiro atoms. The van der Waals surface area contributed by atoms with Gasteiger partial charge in [-0.1, -0.05) is 54.7 Å². The molecule has 7 N–H and O–H groups in total. The molecular weight excluding hydrogens is 1580 g/mol. The van der Waals surface area contributed by atoms with Crippen LogP contribution in [0.1, 0.15) is 97.1 Å². The number of nitrogens with zero attached hydrogens (tertiary/aromatic N) is 20. The van der Waals surface area contributed by atoms with Crippen molar-refractivity contribution >= 4 is 91.2 Å². The number of likely N-dealkylation sites (tertiary alicyclic amines) is 2. The fourth-order valence-corrected chi connectivity index (χ4v) is 19.2. The predicted octanol–water partition coefficient (Wildman–Crippen LogP) is 10.8. The molecule has 21 rings (SSSR count). The number of rotatable bonds is 9. The summed E-state index contributed by atoms with van der Waals surface area (Å²) in [6.45, 7) is 24.3. The summed E-state index contributed by atoms with van der Waals surface area (Å²) in [4.78, 5) is 106. The first-order valence-electron chi connectivity index (χ1n) is 43.5. The average molecular weight is 1690 g/mol. The number of carbonyl (C=O) groups is 1. The maximum absolute atomic E-state index is 13.5. The molecule has 9 aliphatic heterocycles. The zero-order valence-electron chi connectivity index (χ0n) is 71.5. The Morgan fingerprint density at radius 1 is 0.416 bits per heavy atom. The van der Waals surface area contributed by atoms with Crippen LogP contribution in [0.4, 0.5) is 56.8 Å². The number of allylic oxidation sites excluding steroid dienone is 6. The van der Waals surface area contributed by atoms with E-state index >= 15 is 0 Å². The van der Waals surface area contributed by atoms with Crippen LogP contribution in [0.2, 0.25) is 0 Å². The van der Waals surface area contributed by atoms with E-state index < -0.39 is 22.4 Å². The summed E-state index contributed by atoms with van der Waals surface area (Å²) in [5, 5.41) is 47.8. The molecule has 3 aromatic carbocycles. The molecule has 6 saturated heterocycles. The van der Waals surface area contributed by atoms with Crippen molar-refractivity contribution in [2.75, 3.05) is 116 Å². The first-order valence-corrected chi connectivity index (χ1v) is 43.5. The standard InChI is InChI=1S/C34H40N8O4.C30H34N8O2.C29H32N8O2/c1-33(2,3)46-32(44)40-20-22-18-39(19-23(22)21-40)25-13-11-24(12-14-25)36-31-35-17-26-29(38-31)42-28-10-8-9-27(37-28)34(4,45)15-6-5-7-16-41(42)30(26)43;1-30(40)13-4-3-5-14-37-28(39)24-15-31-29(34-27(24)38(37)26-8-6-7-25(30)33-26)32-22-9-11-23(12-10-22)36-18-20-16-35(2)17-21(20)19-36;1-29(39)12-3-2-4-13-36-27(38)23-16-31-28(34-26(23)37(36)25-7-5-6-24(29)33-25)32-21-8-10-22(11-9-21)35-17-19-14-30-15-20(19)18-35/h5,7-14,17,22-23,45H,6,15-16,18-21H2,1-4H3,(H,35,36,38);3,5-12,15,20-21,40H,4,13-14,16-19H2,1-2H3,(H,31,32,34);2,4-11,16,19-20,30,39H,3,12-15,17-18H2,1H3,(H,31,32,34)/b7-5-;5-3-;4-2-/t22?,23?,34-;20?,21?,30-;19?,20?,29-/m111/s1. The van der Waals surface area contributed by atoms with Crippen LogP contribution >= 0.6 is 0 Å². The van der Waals surface area contributed by atoms with Crippen LogP contribution in [0.3, 0.4) is 0 Å². The molecule has 12 aromatic rings. The second-order valence-corrected chi connectivity index (χ2v) is 36.4. The number of nitrogens with one attached hydrogen (secondary N) is 4. The van der Waals surface area contributed by atoms with E-state index in [0.717, 1.165) is 112 Å². The van der Waals surface area contributed by atoms with Crippen LogP contribution < -0.4 is 52.6 Å². The monoisotopic (exact) mass is 1690 g/mol. The molecule has 18 heterocycles. The van der Waals surface area contributed by atoms with Gasteiger partial charge in [0.05, 0.1) is 36.7 Å². The van der Waals surface area contributed by atoms with Crippen molar-refractivity contribution in [2.45, 2.75) is 122 Å². The van der Waals surface area contributed by atoms with Gasteiger partial charge in [-0.25, -0.2) is 62.8 Å². The molecule has 9 aromatic heterocycles. The van der Waals surface area contributed by atoms with Gasteiger partial charge in [-0.2, -0.15) is 15.0 Å². The highest BCUT2D eigenvalue weighted by molar-refractivity contribution is 5.80. The Balaban J connectivity index is 0.000000123. The van der Waals surface area contributed by atoms with E-state index in [9.17, 15) is 34.5 Å². The Hall–Kier alpha value is -12.8. The highest BCUT2D eigenvalue weighted by Gasteiger charge is 2.44. The van der Waals surface area contributed by atoms with Gasteiger partial charge in [-0.15, -0.1) is 0 Å². The second kappa shape index (κ2) is 33.1. The van der Waals surface area contributed by atoms with Crippen molar-refractivity contribution in [1.82, 2.24) is 88.1 Å². The molecular formula is C93H106N24O8. The Morgan fingerprint density at radius 2 is 0.728 bits per heavy atom. The van der Waals surface area contributed by atoms with E-state index in [2.05, 4.69) is 111 Å². The van der Waals surface area contributed by atoms with Crippen LogP contribution in [0, 0.1) is 35.5 Å². The fourth-order valence-electron chi connectivity index (χ4n) is 19.2. The van der Waals surface area contributed by atoms with Gasteiger partial charge in [0.2, 0.25) is 17.8 Å². The number of fused-ring (bicyclic) bond motifs is 21. The van der Waals surface area contributed by atoms with Gasteiger partial charge in [0, 0.05) is 143 Å². The van der Waals surface area contributed by atoms with Gasteiger partial charge in [0.15, 0.2) is 34.4 Å². The zero-order chi connectivity index (χ0) is 86.2. The van der Waals surface area contributed by atoms with Crippen LogP contribution in [0.15, 0.2) is 197 Å². The average Bonchev–Trinajstić information content (AvgIpc) is 1.61. The van der Waals surface area contributed by atoms with Gasteiger partial charge >= 0.3 is 6.09 Å². The summed E-state index contributed by atoms with van der Waals surface area (Å²) in [7, 11) is 2.21. The Kier molecular flexibility index (Phi) is 21.7. The molecule has 0 aliphatic carbocycles. The number of anilines is 9. The van der Waals surface area contributed by atoms with Crippen molar-refractivity contribution in [3.8, 4) is 17.5 Å². The van der Waals surface area contributed by atoms with Crippen molar-refractivity contribution in [2.24, 2.45) is 35.5 Å². The lowest BCUT2D eigenvalue weighted by atomic mass is 9.95. The summed E-state index contributed by atoms with van der Waals surface area (Å²) in [6, 6.07) is 41.3. The topological polar surface area (TPSA) is 348 Å². The smallest absolute Gasteiger partial charge is 0.410 e. The van der Waals surface area contributed by atoms with Crippen LogP contribution in [-0.2, 0) is 41.2 Å². The second-order valence-electron chi connectivity index (χ2n) is 36.4. The van der Waals surface area contributed by atoms with Crippen molar-refractivity contribution in [1.29, 1.82) is 0 Å². The first kappa shape index (κ1) is 81.9. The summed E-state index contributed by atoms with van der Waals surface area (Å²) >= 11 is 0. The van der Waals surface area contributed by atoms with E-state index in [1.165, 1.54) is 24.5 Å². The zero-order valence-corrected chi connectivity index (χ0v) is 71.5. The van der Waals surface area contributed by atoms with E-state index in [-0.39, 0.29) is 22.8 Å². The van der Waals surface area contributed by atoms with Crippen LogP contribution in [-0.4, -0.2) is 195 Å². The largest absolute Gasteiger partial charge is 0.444 e. The van der Waals surface area contributed by atoms with Gasteiger partial charge in [-0.3, -0.25) is 14.4 Å². The molecule has 9 aliphatic rings. The molecule has 32 heteroatoms. The number of benzene rings is 3. The van der Waals surface area contributed by atoms with Crippen LogP contribution in [0.25, 0.3) is 50.6 Å². The Morgan fingerprint density at radius 3 is 1.05 bits per heavy atom. The third-order valence-electron chi connectivity index (χ3n) is 25.9. The maximum atomic E-state index is 13.5. The van der Waals surface area contributed by atoms with Crippen LogP contribution in [0.5, 0.6) is 0 Å². The summed E-state index contributed by atoms with van der Waals surface area (Å²) in [6.07, 6.45) is 19.9. The molecule has 125 heavy (non-hydrogen) atoms. The Labute approximate surface area is 722 Å². The number of aliphatic hydroxyl groups is 3. The minimum atomic E-state index is -1.11. The quantitative estimate of drug-likeness (QED) is 0.0660. The molecule has 0 saturated carbocycles. The van der Waals surface area contributed by atoms with Crippen molar-refractivity contribution < 1.29 is 24.9 Å². The minimum absolute atomic E-state index is 0.185. The number of carbonyl (C=O) groups excluding carboxylic acids is 1. The summed E-state index contributed by atoms with van der Waals surface area (Å²) in [5.74, 6) is 6.52. The predicted molar refractivity (Wildman–Crippen MR) is 482 cm³/mol. The molecule has 0 radical (unpaired) electrons. The number of amides is 1.